The van der Waals surface area contributed by atoms with Gasteiger partial charge < -0.3 is 0 Å². The Morgan fingerprint density at radius 3 is 1.13 bits per heavy atom. The highest BCUT2D eigenvalue weighted by molar-refractivity contribution is 5.75. The third kappa shape index (κ3) is 3.78. The van der Waals surface area contributed by atoms with Gasteiger partial charge in [0.05, 0.1) is 11.4 Å². The molecule has 0 saturated carbocycles. The lowest BCUT2D eigenvalue weighted by atomic mass is 10.00. The summed E-state index contributed by atoms with van der Waals surface area (Å²) in [5.74, 6) is 0. The van der Waals surface area contributed by atoms with Crippen LogP contribution >= 0.6 is 0 Å². The van der Waals surface area contributed by atoms with Gasteiger partial charge in [-0.25, -0.2) is 4.98 Å². The molecule has 1 heteroatoms. The first-order valence-electron chi connectivity index (χ1n) is 10.2. The van der Waals surface area contributed by atoms with Crippen LogP contribution in [0.5, 0.6) is 0 Å². The van der Waals surface area contributed by atoms with E-state index in [1.165, 1.54) is 22.3 Å². The SMILES string of the molecule is c1ccc(-c2cccc(-c3cccc(-c4cccc(-c5ccccc5)c4)n3)c2)cc1. The van der Waals surface area contributed by atoms with Gasteiger partial charge in [0.25, 0.3) is 0 Å². The Bertz CT molecular complexity index is 1180. The monoisotopic (exact) mass is 383 g/mol. The van der Waals surface area contributed by atoms with E-state index in [1.807, 2.05) is 12.1 Å². The van der Waals surface area contributed by atoms with Crippen molar-refractivity contribution in [1.82, 2.24) is 4.98 Å². The van der Waals surface area contributed by atoms with Crippen LogP contribution in [0.3, 0.4) is 0 Å². The molecule has 0 aliphatic rings. The van der Waals surface area contributed by atoms with Gasteiger partial charge in [-0.05, 0) is 46.5 Å². The number of aromatic nitrogens is 1. The molecule has 0 spiro atoms. The summed E-state index contributed by atoms with van der Waals surface area (Å²) in [5, 5.41) is 0. The van der Waals surface area contributed by atoms with E-state index in [2.05, 4.69) is 115 Å². The highest BCUT2D eigenvalue weighted by Crippen LogP contribution is 2.29. The minimum atomic E-state index is 0.982. The predicted octanol–water partition coefficient (Wildman–Crippen LogP) is 7.75. The highest BCUT2D eigenvalue weighted by atomic mass is 14.7. The molecular weight excluding hydrogens is 362 g/mol. The standard InChI is InChI=1S/C29H21N/c1-3-10-22(11-4-1)24-14-7-16-26(20-24)28-18-9-19-29(30-28)27-17-8-15-25(21-27)23-12-5-2-6-13-23/h1-21H. The minimum absolute atomic E-state index is 0.982. The lowest BCUT2D eigenvalue weighted by molar-refractivity contribution is 1.32. The molecule has 0 saturated heterocycles. The number of pyridine rings is 1. The minimum Gasteiger partial charge on any atom is -0.248 e. The van der Waals surface area contributed by atoms with Crippen molar-refractivity contribution in [3.05, 3.63) is 127 Å². The van der Waals surface area contributed by atoms with Crippen LogP contribution in [-0.2, 0) is 0 Å². The van der Waals surface area contributed by atoms with E-state index >= 15 is 0 Å². The van der Waals surface area contributed by atoms with Crippen molar-refractivity contribution < 1.29 is 0 Å². The number of hydrogen-bond acceptors (Lipinski definition) is 1. The number of hydrogen-bond donors (Lipinski definition) is 0. The van der Waals surface area contributed by atoms with Crippen LogP contribution < -0.4 is 0 Å². The molecule has 0 aliphatic carbocycles. The van der Waals surface area contributed by atoms with Gasteiger partial charge in [-0.2, -0.15) is 0 Å². The average Bonchev–Trinajstić information content (AvgIpc) is 2.85. The molecular formula is C29H21N. The fourth-order valence-corrected chi connectivity index (χ4v) is 3.73. The fourth-order valence-electron chi connectivity index (χ4n) is 3.73. The second kappa shape index (κ2) is 8.18. The zero-order valence-corrected chi connectivity index (χ0v) is 16.6. The average molecular weight is 383 g/mol. The van der Waals surface area contributed by atoms with E-state index in [0.29, 0.717) is 0 Å². The largest absolute Gasteiger partial charge is 0.248 e. The van der Waals surface area contributed by atoms with Crippen molar-refractivity contribution in [3.63, 3.8) is 0 Å². The molecule has 5 rings (SSSR count). The molecule has 4 aromatic carbocycles. The molecule has 0 radical (unpaired) electrons. The summed E-state index contributed by atoms with van der Waals surface area (Å²) in [7, 11) is 0. The Balaban J connectivity index is 1.52. The Morgan fingerprint density at radius 1 is 0.300 bits per heavy atom. The second-order valence-corrected chi connectivity index (χ2v) is 7.30. The van der Waals surface area contributed by atoms with Gasteiger partial charge in [-0.3, -0.25) is 0 Å². The molecule has 1 heterocycles. The number of benzene rings is 4. The molecule has 1 nitrogen and oxygen atoms in total. The van der Waals surface area contributed by atoms with E-state index in [-0.39, 0.29) is 0 Å². The quantitative estimate of drug-likeness (QED) is 0.309. The maximum absolute atomic E-state index is 4.98. The molecule has 0 amide bonds. The molecule has 0 bridgehead atoms. The van der Waals surface area contributed by atoms with Crippen molar-refractivity contribution in [2.45, 2.75) is 0 Å². The highest BCUT2D eigenvalue weighted by Gasteiger charge is 2.07. The van der Waals surface area contributed by atoms with Crippen molar-refractivity contribution >= 4 is 0 Å². The van der Waals surface area contributed by atoms with E-state index < -0.39 is 0 Å². The van der Waals surface area contributed by atoms with Gasteiger partial charge in [0.1, 0.15) is 0 Å². The molecule has 0 atom stereocenters. The molecule has 0 unspecified atom stereocenters. The summed E-state index contributed by atoms with van der Waals surface area (Å²) in [6.07, 6.45) is 0. The van der Waals surface area contributed by atoms with Crippen molar-refractivity contribution in [3.8, 4) is 44.8 Å². The topological polar surface area (TPSA) is 12.9 Å². The van der Waals surface area contributed by atoms with Gasteiger partial charge in [-0.15, -0.1) is 0 Å². The smallest absolute Gasteiger partial charge is 0.0709 e. The van der Waals surface area contributed by atoms with Crippen LogP contribution in [0.25, 0.3) is 44.8 Å². The van der Waals surface area contributed by atoms with Gasteiger partial charge in [0.15, 0.2) is 0 Å². The van der Waals surface area contributed by atoms with E-state index in [9.17, 15) is 0 Å². The van der Waals surface area contributed by atoms with Crippen molar-refractivity contribution in [2.24, 2.45) is 0 Å². The third-order valence-electron chi connectivity index (χ3n) is 5.28. The molecule has 0 N–H and O–H groups in total. The summed E-state index contributed by atoms with van der Waals surface area (Å²) in [6.45, 7) is 0. The lowest BCUT2D eigenvalue weighted by Gasteiger charge is -2.09. The Hall–Kier alpha value is -3.97. The molecule has 0 fully saturated rings. The molecule has 5 aromatic rings. The Labute approximate surface area is 177 Å². The predicted molar refractivity (Wildman–Crippen MR) is 126 cm³/mol. The second-order valence-electron chi connectivity index (χ2n) is 7.30. The molecule has 1 aromatic heterocycles. The Kier molecular flexibility index (Phi) is 4.93. The fraction of sp³-hybridized carbons (Fsp3) is 0. The summed E-state index contributed by atoms with van der Waals surface area (Å²) in [5.41, 5.74) is 9.04. The van der Waals surface area contributed by atoms with Gasteiger partial charge in [0.2, 0.25) is 0 Å². The summed E-state index contributed by atoms with van der Waals surface area (Å²) >= 11 is 0. The van der Waals surface area contributed by atoms with Crippen LogP contribution in [0.4, 0.5) is 0 Å². The lowest BCUT2D eigenvalue weighted by Crippen LogP contribution is -1.89. The number of rotatable bonds is 4. The molecule has 0 aliphatic heterocycles. The first-order valence-corrected chi connectivity index (χ1v) is 10.2. The van der Waals surface area contributed by atoms with Gasteiger partial charge in [-0.1, -0.05) is 103 Å². The first kappa shape index (κ1) is 18.1. The van der Waals surface area contributed by atoms with Crippen molar-refractivity contribution in [2.75, 3.05) is 0 Å². The maximum atomic E-state index is 4.98. The first-order chi connectivity index (χ1) is 14.9. The van der Waals surface area contributed by atoms with Crippen LogP contribution in [0.15, 0.2) is 127 Å². The number of nitrogens with zero attached hydrogens (tertiary/aromatic N) is 1. The van der Waals surface area contributed by atoms with Crippen LogP contribution in [-0.4, -0.2) is 4.98 Å². The van der Waals surface area contributed by atoms with E-state index in [4.69, 9.17) is 4.98 Å². The van der Waals surface area contributed by atoms with Crippen LogP contribution in [0.1, 0.15) is 0 Å². The third-order valence-corrected chi connectivity index (χ3v) is 5.28. The summed E-state index contributed by atoms with van der Waals surface area (Å²) < 4.78 is 0. The summed E-state index contributed by atoms with van der Waals surface area (Å²) in [6, 6.07) is 44.3. The zero-order chi connectivity index (χ0) is 20.2. The van der Waals surface area contributed by atoms with Gasteiger partial charge >= 0.3 is 0 Å². The molecule has 30 heavy (non-hydrogen) atoms. The maximum Gasteiger partial charge on any atom is 0.0709 e. The molecule has 142 valence electrons. The van der Waals surface area contributed by atoms with E-state index in [0.717, 1.165) is 22.5 Å². The Morgan fingerprint density at radius 2 is 0.667 bits per heavy atom. The van der Waals surface area contributed by atoms with Crippen LogP contribution in [0, 0.1) is 0 Å². The van der Waals surface area contributed by atoms with Gasteiger partial charge in [0, 0.05) is 11.1 Å². The summed E-state index contributed by atoms with van der Waals surface area (Å²) in [4.78, 5) is 4.98. The van der Waals surface area contributed by atoms with E-state index in [1.54, 1.807) is 0 Å². The van der Waals surface area contributed by atoms with Crippen molar-refractivity contribution in [1.29, 1.82) is 0 Å². The van der Waals surface area contributed by atoms with Crippen LogP contribution in [0.2, 0.25) is 0 Å². The zero-order valence-electron chi connectivity index (χ0n) is 16.6. The normalized spacial score (nSPS) is 10.7.